The SMILES string of the molecule is O=C1CCC(N2Cc3cc(O[C@H]4CCN(Cc5ccc6nc([C@H]7CCCOC7)ncc6c5)C4)ccc3C2=O)C(=O)N1. The highest BCUT2D eigenvalue weighted by Crippen LogP contribution is 2.31. The molecule has 41 heavy (non-hydrogen) atoms. The van der Waals surface area contributed by atoms with Crippen molar-refractivity contribution in [2.75, 3.05) is 26.3 Å². The second-order valence-electron chi connectivity index (χ2n) is 11.5. The number of likely N-dealkylation sites (tertiary alicyclic amines) is 1. The van der Waals surface area contributed by atoms with Gasteiger partial charge in [0.15, 0.2) is 0 Å². The first-order chi connectivity index (χ1) is 20.0. The number of carbonyl (C=O) groups is 3. The van der Waals surface area contributed by atoms with E-state index >= 15 is 0 Å². The van der Waals surface area contributed by atoms with E-state index in [4.69, 9.17) is 14.5 Å². The van der Waals surface area contributed by atoms with Crippen LogP contribution < -0.4 is 10.1 Å². The second-order valence-corrected chi connectivity index (χ2v) is 11.5. The second kappa shape index (κ2) is 10.8. The van der Waals surface area contributed by atoms with E-state index in [1.807, 2.05) is 18.3 Å². The van der Waals surface area contributed by atoms with Crippen molar-refractivity contribution in [3.63, 3.8) is 0 Å². The fourth-order valence-corrected chi connectivity index (χ4v) is 6.45. The van der Waals surface area contributed by atoms with Gasteiger partial charge in [-0.25, -0.2) is 9.97 Å². The molecule has 3 atom stereocenters. The lowest BCUT2D eigenvalue weighted by molar-refractivity contribution is -0.136. The number of benzene rings is 2. The molecule has 0 bridgehead atoms. The predicted octanol–water partition coefficient (Wildman–Crippen LogP) is 2.94. The Balaban J connectivity index is 0.960. The summed E-state index contributed by atoms with van der Waals surface area (Å²) in [5.74, 6) is 1.03. The van der Waals surface area contributed by atoms with Crippen LogP contribution in [0.4, 0.5) is 0 Å². The van der Waals surface area contributed by atoms with Gasteiger partial charge in [-0.05, 0) is 67.1 Å². The number of amides is 3. The molecule has 3 fully saturated rings. The third kappa shape index (κ3) is 5.29. The standard InChI is InChI=1S/C31H33N5O5/c37-28-8-7-27(30(38)34-28)36-16-22-13-23(4-5-25(22)31(36)39)41-24-9-10-35(17-24)15-19-3-6-26-21(12-19)14-32-29(33-26)20-2-1-11-40-18-20/h3-6,12-14,20,24,27H,1-2,7-11,15-18H2,(H,34,37,38)/t20-,24-,27?/m0/s1. The van der Waals surface area contributed by atoms with Crippen LogP contribution in [0, 0.1) is 0 Å². The molecule has 1 N–H and O–H groups in total. The third-order valence-corrected chi connectivity index (χ3v) is 8.62. The Morgan fingerprint density at radius 1 is 1.07 bits per heavy atom. The highest BCUT2D eigenvalue weighted by atomic mass is 16.5. The molecule has 3 saturated heterocycles. The summed E-state index contributed by atoms with van der Waals surface area (Å²) in [5.41, 5.74) is 3.64. The van der Waals surface area contributed by atoms with Crippen LogP contribution in [0.15, 0.2) is 42.6 Å². The Morgan fingerprint density at radius 3 is 2.85 bits per heavy atom. The van der Waals surface area contributed by atoms with E-state index in [1.54, 1.807) is 11.0 Å². The van der Waals surface area contributed by atoms with Gasteiger partial charge in [0.05, 0.1) is 12.1 Å². The Labute approximate surface area is 238 Å². The molecule has 4 aliphatic heterocycles. The highest BCUT2D eigenvalue weighted by molar-refractivity contribution is 6.05. The van der Waals surface area contributed by atoms with Gasteiger partial charge in [0.25, 0.3) is 5.91 Å². The topological polar surface area (TPSA) is 114 Å². The lowest BCUT2D eigenvalue weighted by Crippen LogP contribution is -2.52. The molecular formula is C31H33N5O5. The van der Waals surface area contributed by atoms with Gasteiger partial charge in [0, 0.05) is 62.3 Å². The number of hydrogen-bond donors (Lipinski definition) is 1. The zero-order chi connectivity index (χ0) is 27.9. The van der Waals surface area contributed by atoms with E-state index in [1.165, 1.54) is 5.56 Å². The predicted molar refractivity (Wildman–Crippen MR) is 149 cm³/mol. The Bertz CT molecular complexity index is 1520. The molecule has 0 saturated carbocycles. The van der Waals surface area contributed by atoms with Crippen LogP contribution in [0.25, 0.3) is 10.9 Å². The molecule has 2 aromatic carbocycles. The monoisotopic (exact) mass is 555 g/mol. The molecule has 5 heterocycles. The zero-order valence-electron chi connectivity index (χ0n) is 22.9. The average Bonchev–Trinajstić information content (AvgIpc) is 3.56. The van der Waals surface area contributed by atoms with E-state index in [0.717, 1.165) is 73.5 Å². The summed E-state index contributed by atoms with van der Waals surface area (Å²) >= 11 is 0. The molecule has 10 heteroatoms. The van der Waals surface area contributed by atoms with Gasteiger partial charge in [-0.1, -0.05) is 6.07 Å². The molecule has 212 valence electrons. The van der Waals surface area contributed by atoms with E-state index in [-0.39, 0.29) is 30.3 Å². The van der Waals surface area contributed by atoms with Gasteiger partial charge in [0.1, 0.15) is 23.7 Å². The van der Waals surface area contributed by atoms with Crippen LogP contribution in [0.5, 0.6) is 5.75 Å². The van der Waals surface area contributed by atoms with Crippen molar-refractivity contribution >= 4 is 28.6 Å². The van der Waals surface area contributed by atoms with Crippen LogP contribution in [0.3, 0.4) is 0 Å². The van der Waals surface area contributed by atoms with Crippen molar-refractivity contribution in [2.45, 2.75) is 63.3 Å². The van der Waals surface area contributed by atoms with Crippen molar-refractivity contribution in [1.29, 1.82) is 0 Å². The van der Waals surface area contributed by atoms with Gasteiger partial charge in [0.2, 0.25) is 11.8 Å². The summed E-state index contributed by atoms with van der Waals surface area (Å²) < 4.78 is 11.9. The van der Waals surface area contributed by atoms with Crippen molar-refractivity contribution in [1.82, 2.24) is 25.1 Å². The largest absolute Gasteiger partial charge is 0.489 e. The molecule has 1 aromatic heterocycles. The highest BCUT2D eigenvalue weighted by Gasteiger charge is 2.39. The van der Waals surface area contributed by atoms with Crippen molar-refractivity contribution < 1.29 is 23.9 Å². The molecule has 10 nitrogen and oxygen atoms in total. The number of imide groups is 1. The first-order valence-corrected chi connectivity index (χ1v) is 14.5. The van der Waals surface area contributed by atoms with Gasteiger partial charge in [-0.15, -0.1) is 0 Å². The van der Waals surface area contributed by atoms with Gasteiger partial charge < -0.3 is 14.4 Å². The van der Waals surface area contributed by atoms with Crippen LogP contribution in [0.2, 0.25) is 0 Å². The minimum absolute atomic E-state index is 0.0560. The molecular weight excluding hydrogens is 522 g/mol. The first-order valence-electron chi connectivity index (χ1n) is 14.5. The number of carbonyl (C=O) groups excluding carboxylic acids is 3. The molecule has 0 spiro atoms. The van der Waals surface area contributed by atoms with E-state index in [9.17, 15) is 14.4 Å². The fourth-order valence-electron chi connectivity index (χ4n) is 6.45. The summed E-state index contributed by atoms with van der Waals surface area (Å²) in [7, 11) is 0. The van der Waals surface area contributed by atoms with Crippen LogP contribution in [-0.4, -0.2) is 75.9 Å². The summed E-state index contributed by atoms with van der Waals surface area (Å²) in [5, 5.41) is 3.40. The molecule has 4 aliphatic rings. The number of nitrogens with zero attached hydrogens (tertiary/aromatic N) is 4. The number of rotatable bonds is 6. The molecule has 0 aliphatic carbocycles. The fraction of sp³-hybridized carbons (Fsp3) is 0.452. The van der Waals surface area contributed by atoms with E-state index < -0.39 is 11.9 Å². The minimum atomic E-state index is -0.615. The molecule has 0 radical (unpaired) electrons. The summed E-state index contributed by atoms with van der Waals surface area (Å²) in [6.45, 7) is 4.45. The Morgan fingerprint density at radius 2 is 2.00 bits per heavy atom. The van der Waals surface area contributed by atoms with E-state index in [2.05, 4.69) is 33.4 Å². The number of fused-ring (bicyclic) bond motifs is 2. The number of aromatic nitrogens is 2. The molecule has 3 aromatic rings. The molecule has 7 rings (SSSR count). The maximum Gasteiger partial charge on any atom is 0.255 e. The number of piperidine rings is 1. The quantitative estimate of drug-likeness (QED) is 0.462. The third-order valence-electron chi connectivity index (χ3n) is 8.62. The smallest absolute Gasteiger partial charge is 0.255 e. The van der Waals surface area contributed by atoms with Crippen molar-refractivity contribution in [2.24, 2.45) is 0 Å². The minimum Gasteiger partial charge on any atom is -0.489 e. The van der Waals surface area contributed by atoms with Crippen molar-refractivity contribution in [3.05, 3.63) is 65.1 Å². The van der Waals surface area contributed by atoms with Crippen molar-refractivity contribution in [3.8, 4) is 5.75 Å². The Kier molecular flexibility index (Phi) is 6.88. The van der Waals surface area contributed by atoms with Gasteiger partial charge in [-0.2, -0.15) is 0 Å². The summed E-state index contributed by atoms with van der Waals surface area (Å²) in [6.07, 6.45) is 5.64. The van der Waals surface area contributed by atoms with Crippen LogP contribution in [0.1, 0.15) is 65.3 Å². The van der Waals surface area contributed by atoms with Gasteiger partial charge in [-0.3, -0.25) is 24.6 Å². The maximum atomic E-state index is 13.0. The number of hydrogen-bond acceptors (Lipinski definition) is 8. The maximum absolute atomic E-state index is 13.0. The lowest BCUT2D eigenvalue weighted by Gasteiger charge is -2.29. The van der Waals surface area contributed by atoms with Crippen LogP contribution in [-0.2, 0) is 27.4 Å². The Hall–Kier alpha value is -3.89. The summed E-state index contributed by atoms with van der Waals surface area (Å²) in [4.78, 5) is 50.2. The average molecular weight is 556 g/mol. The molecule has 3 amide bonds. The number of ether oxygens (including phenoxy) is 2. The van der Waals surface area contributed by atoms with Crippen LogP contribution >= 0.6 is 0 Å². The molecule has 1 unspecified atom stereocenters. The normalized spacial score (nSPS) is 25.0. The van der Waals surface area contributed by atoms with Gasteiger partial charge >= 0.3 is 0 Å². The zero-order valence-corrected chi connectivity index (χ0v) is 22.9. The lowest BCUT2D eigenvalue weighted by atomic mass is 10.0. The van der Waals surface area contributed by atoms with E-state index in [0.29, 0.717) is 25.1 Å². The summed E-state index contributed by atoms with van der Waals surface area (Å²) in [6, 6.07) is 11.3. The number of nitrogens with one attached hydrogen (secondary N) is 1. The first kappa shape index (κ1) is 26.0.